The van der Waals surface area contributed by atoms with Gasteiger partial charge in [-0.3, -0.25) is 4.98 Å². The van der Waals surface area contributed by atoms with Crippen molar-refractivity contribution in [3.05, 3.63) is 96.2 Å². The molecule has 4 rings (SSSR count). The second-order valence-electron chi connectivity index (χ2n) is 6.99. The molecule has 0 saturated carbocycles. The van der Waals surface area contributed by atoms with Crippen LogP contribution in [0.3, 0.4) is 0 Å². The van der Waals surface area contributed by atoms with Gasteiger partial charge < -0.3 is 15.4 Å². The van der Waals surface area contributed by atoms with Gasteiger partial charge in [0, 0.05) is 41.6 Å². The maximum atomic E-state index is 5.92. The first-order chi connectivity index (χ1) is 14.3. The Morgan fingerprint density at radius 1 is 0.862 bits per heavy atom. The standard InChI is InChI=1S/C25H25N3O/c1-19-16-25(23-12-5-6-13-24(23)27-19)28-21-10-7-11-22(17-21)29-15-14-26-18-20-8-3-2-4-9-20/h2-13,16-17,26H,14-15,18H2,1H3,(H,27,28). The van der Waals surface area contributed by atoms with Gasteiger partial charge in [-0.05, 0) is 36.8 Å². The third-order valence-corrected chi connectivity index (χ3v) is 4.68. The van der Waals surface area contributed by atoms with Gasteiger partial charge in [-0.2, -0.15) is 0 Å². The number of nitrogens with zero attached hydrogens (tertiary/aromatic N) is 1. The summed E-state index contributed by atoms with van der Waals surface area (Å²) >= 11 is 0. The Bertz CT molecular complexity index is 1080. The molecule has 2 N–H and O–H groups in total. The van der Waals surface area contributed by atoms with Crippen LogP contribution in [0.1, 0.15) is 11.3 Å². The van der Waals surface area contributed by atoms with Gasteiger partial charge in [0.15, 0.2) is 0 Å². The Morgan fingerprint density at radius 3 is 2.59 bits per heavy atom. The van der Waals surface area contributed by atoms with Crippen LogP contribution < -0.4 is 15.4 Å². The molecule has 0 bridgehead atoms. The van der Waals surface area contributed by atoms with Crippen molar-refractivity contribution in [2.75, 3.05) is 18.5 Å². The highest BCUT2D eigenvalue weighted by Crippen LogP contribution is 2.27. The molecular weight excluding hydrogens is 358 g/mol. The average molecular weight is 383 g/mol. The fourth-order valence-electron chi connectivity index (χ4n) is 3.30. The number of anilines is 2. The number of ether oxygens (including phenoxy) is 1. The summed E-state index contributed by atoms with van der Waals surface area (Å²) in [6.07, 6.45) is 0. The molecule has 0 atom stereocenters. The fraction of sp³-hybridized carbons (Fsp3) is 0.160. The Kier molecular flexibility index (Phi) is 6.03. The number of aromatic nitrogens is 1. The molecule has 0 aliphatic rings. The van der Waals surface area contributed by atoms with Gasteiger partial charge >= 0.3 is 0 Å². The summed E-state index contributed by atoms with van der Waals surface area (Å²) in [5.41, 5.74) is 5.30. The van der Waals surface area contributed by atoms with E-state index in [0.717, 1.165) is 46.8 Å². The molecule has 1 aromatic heterocycles. The van der Waals surface area contributed by atoms with E-state index in [4.69, 9.17) is 4.74 Å². The number of benzene rings is 3. The van der Waals surface area contributed by atoms with Gasteiger partial charge in [0.25, 0.3) is 0 Å². The van der Waals surface area contributed by atoms with Crippen LogP contribution in [0.2, 0.25) is 0 Å². The first kappa shape index (κ1) is 19.0. The first-order valence-electron chi connectivity index (χ1n) is 9.89. The number of fused-ring (bicyclic) bond motifs is 1. The fourth-order valence-corrected chi connectivity index (χ4v) is 3.30. The molecule has 146 valence electrons. The number of hydrogen-bond acceptors (Lipinski definition) is 4. The van der Waals surface area contributed by atoms with Crippen LogP contribution in [-0.2, 0) is 6.54 Å². The zero-order chi connectivity index (χ0) is 19.9. The van der Waals surface area contributed by atoms with Crippen LogP contribution in [0.4, 0.5) is 11.4 Å². The highest BCUT2D eigenvalue weighted by Gasteiger charge is 2.05. The predicted octanol–water partition coefficient (Wildman–Crippen LogP) is 5.46. The molecular formula is C25H25N3O. The topological polar surface area (TPSA) is 46.2 Å². The second-order valence-corrected chi connectivity index (χ2v) is 6.99. The Hall–Kier alpha value is -3.37. The molecule has 1 heterocycles. The van der Waals surface area contributed by atoms with Gasteiger partial charge in [-0.15, -0.1) is 0 Å². The SMILES string of the molecule is Cc1cc(Nc2cccc(OCCNCc3ccccc3)c2)c2ccccc2n1. The van der Waals surface area contributed by atoms with Crippen molar-refractivity contribution in [3.8, 4) is 5.75 Å². The van der Waals surface area contributed by atoms with E-state index in [-0.39, 0.29) is 0 Å². The summed E-state index contributed by atoms with van der Waals surface area (Å²) in [7, 11) is 0. The number of pyridine rings is 1. The van der Waals surface area contributed by atoms with Gasteiger partial charge in [0.05, 0.1) is 5.52 Å². The van der Waals surface area contributed by atoms with Gasteiger partial charge in [0.2, 0.25) is 0 Å². The van der Waals surface area contributed by atoms with Crippen molar-refractivity contribution >= 4 is 22.3 Å². The van der Waals surface area contributed by atoms with Crippen LogP contribution in [-0.4, -0.2) is 18.1 Å². The molecule has 0 spiro atoms. The number of nitrogens with one attached hydrogen (secondary N) is 2. The molecule has 0 aliphatic heterocycles. The Morgan fingerprint density at radius 2 is 1.69 bits per heavy atom. The van der Waals surface area contributed by atoms with Crippen molar-refractivity contribution in [3.63, 3.8) is 0 Å². The number of aryl methyl sites for hydroxylation is 1. The summed E-state index contributed by atoms with van der Waals surface area (Å²) in [5.74, 6) is 0.853. The number of rotatable bonds is 8. The molecule has 4 aromatic rings. The van der Waals surface area contributed by atoms with Gasteiger partial charge in [-0.1, -0.05) is 54.6 Å². The molecule has 0 saturated heterocycles. The van der Waals surface area contributed by atoms with Crippen molar-refractivity contribution < 1.29 is 4.74 Å². The first-order valence-corrected chi connectivity index (χ1v) is 9.89. The van der Waals surface area contributed by atoms with Crippen LogP contribution in [0, 0.1) is 6.92 Å². The normalized spacial score (nSPS) is 10.8. The lowest BCUT2D eigenvalue weighted by Crippen LogP contribution is -2.20. The highest BCUT2D eigenvalue weighted by molar-refractivity contribution is 5.93. The minimum Gasteiger partial charge on any atom is -0.492 e. The molecule has 4 heteroatoms. The summed E-state index contributed by atoms with van der Waals surface area (Å²) in [4.78, 5) is 4.60. The van der Waals surface area contributed by atoms with E-state index in [2.05, 4.69) is 52.0 Å². The Labute approximate surface area is 171 Å². The van der Waals surface area contributed by atoms with Crippen molar-refractivity contribution in [1.29, 1.82) is 0 Å². The average Bonchev–Trinajstić information content (AvgIpc) is 2.74. The number of para-hydroxylation sites is 1. The predicted molar refractivity (Wildman–Crippen MR) is 120 cm³/mol. The Balaban J connectivity index is 1.36. The van der Waals surface area contributed by atoms with Crippen molar-refractivity contribution in [2.45, 2.75) is 13.5 Å². The third kappa shape index (κ3) is 5.12. The quantitative estimate of drug-likeness (QED) is 0.397. The minimum absolute atomic E-state index is 0.619. The molecule has 0 fully saturated rings. The van der Waals surface area contributed by atoms with Gasteiger partial charge in [0.1, 0.15) is 12.4 Å². The van der Waals surface area contributed by atoms with E-state index < -0.39 is 0 Å². The zero-order valence-corrected chi connectivity index (χ0v) is 16.6. The van der Waals surface area contributed by atoms with E-state index in [1.165, 1.54) is 5.56 Å². The number of hydrogen-bond donors (Lipinski definition) is 2. The summed E-state index contributed by atoms with van der Waals surface area (Å²) in [6, 6.07) is 28.7. The smallest absolute Gasteiger partial charge is 0.121 e. The molecule has 4 nitrogen and oxygen atoms in total. The molecule has 3 aromatic carbocycles. The molecule has 0 aliphatic carbocycles. The van der Waals surface area contributed by atoms with E-state index >= 15 is 0 Å². The summed E-state index contributed by atoms with van der Waals surface area (Å²) in [6.45, 7) is 4.27. The largest absolute Gasteiger partial charge is 0.492 e. The van der Waals surface area contributed by atoms with Crippen molar-refractivity contribution in [2.24, 2.45) is 0 Å². The molecule has 0 amide bonds. The van der Waals surface area contributed by atoms with E-state index in [9.17, 15) is 0 Å². The van der Waals surface area contributed by atoms with Crippen LogP contribution in [0.15, 0.2) is 84.9 Å². The maximum absolute atomic E-state index is 5.92. The molecule has 29 heavy (non-hydrogen) atoms. The highest BCUT2D eigenvalue weighted by atomic mass is 16.5. The van der Waals surface area contributed by atoms with E-state index in [1.54, 1.807) is 0 Å². The third-order valence-electron chi connectivity index (χ3n) is 4.68. The summed E-state index contributed by atoms with van der Waals surface area (Å²) in [5, 5.41) is 8.03. The summed E-state index contributed by atoms with van der Waals surface area (Å²) < 4.78 is 5.92. The minimum atomic E-state index is 0.619. The van der Waals surface area contributed by atoms with E-state index in [1.807, 2.05) is 55.5 Å². The maximum Gasteiger partial charge on any atom is 0.121 e. The lowest BCUT2D eigenvalue weighted by molar-refractivity contribution is 0.314. The molecule has 0 radical (unpaired) electrons. The lowest BCUT2D eigenvalue weighted by atomic mass is 10.1. The van der Waals surface area contributed by atoms with Crippen LogP contribution in [0.25, 0.3) is 10.9 Å². The van der Waals surface area contributed by atoms with Crippen molar-refractivity contribution in [1.82, 2.24) is 10.3 Å². The monoisotopic (exact) mass is 383 g/mol. The van der Waals surface area contributed by atoms with Crippen LogP contribution >= 0.6 is 0 Å². The van der Waals surface area contributed by atoms with Gasteiger partial charge in [-0.25, -0.2) is 0 Å². The van der Waals surface area contributed by atoms with Crippen LogP contribution in [0.5, 0.6) is 5.75 Å². The lowest BCUT2D eigenvalue weighted by Gasteiger charge is -2.13. The molecule has 0 unspecified atom stereocenters. The van der Waals surface area contributed by atoms with E-state index in [0.29, 0.717) is 6.61 Å². The zero-order valence-electron chi connectivity index (χ0n) is 16.6. The second kappa shape index (κ2) is 9.22.